The first kappa shape index (κ1) is 13.3. The monoisotopic (exact) mass is 290 g/mol. The first-order chi connectivity index (χ1) is 10.1. The highest BCUT2D eigenvalue weighted by Gasteiger charge is 2.56. The molecule has 0 unspecified atom stereocenters. The molecule has 21 heavy (non-hydrogen) atoms. The van der Waals surface area contributed by atoms with Crippen LogP contribution in [0.4, 0.5) is 4.79 Å². The fourth-order valence-corrected chi connectivity index (χ4v) is 4.26. The largest absolute Gasteiger partial charge is 0.330 e. The van der Waals surface area contributed by atoms with Gasteiger partial charge in [0.05, 0.1) is 0 Å². The van der Waals surface area contributed by atoms with E-state index in [1.807, 2.05) is 0 Å². The van der Waals surface area contributed by atoms with Gasteiger partial charge in [-0.25, -0.2) is 4.79 Å². The van der Waals surface area contributed by atoms with Crippen molar-refractivity contribution in [3.8, 4) is 0 Å². The predicted molar refractivity (Wildman–Crippen MR) is 75.1 cm³/mol. The Balaban J connectivity index is 1.56. The summed E-state index contributed by atoms with van der Waals surface area (Å²) in [6, 6.07) is -0.492. The van der Waals surface area contributed by atoms with Crippen molar-refractivity contribution in [2.24, 2.45) is 23.2 Å². The fourth-order valence-electron chi connectivity index (χ4n) is 4.26. The molecule has 4 amide bonds. The minimum absolute atomic E-state index is 0.222. The van der Waals surface area contributed by atoms with Gasteiger partial charge in [-0.3, -0.25) is 19.8 Å². The number of urea groups is 1. The number of rotatable bonds is 4. The lowest BCUT2D eigenvalue weighted by Gasteiger charge is -2.38. The van der Waals surface area contributed by atoms with E-state index in [-0.39, 0.29) is 11.8 Å². The Labute approximate surface area is 124 Å². The van der Waals surface area contributed by atoms with E-state index in [2.05, 4.69) is 5.32 Å². The zero-order valence-corrected chi connectivity index (χ0v) is 12.3. The highest BCUT2D eigenvalue weighted by Crippen LogP contribution is 2.50. The summed E-state index contributed by atoms with van der Waals surface area (Å²) in [5, 5.41) is 2.44. The van der Waals surface area contributed by atoms with E-state index in [0.29, 0.717) is 37.1 Å². The Morgan fingerprint density at radius 1 is 1.05 bits per heavy atom. The minimum atomic E-state index is -0.939. The molecule has 1 saturated heterocycles. The van der Waals surface area contributed by atoms with Gasteiger partial charge in [0, 0.05) is 6.54 Å². The molecule has 4 aliphatic rings. The maximum absolute atomic E-state index is 12.8. The number of amides is 4. The van der Waals surface area contributed by atoms with Crippen LogP contribution in [0.5, 0.6) is 0 Å². The molecule has 4 rings (SSSR count). The molecule has 0 bridgehead atoms. The molecule has 0 aromatic carbocycles. The number of nitrogens with one attached hydrogen (secondary N) is 1. The molecule has 4 fully saturated rings. The summed E-state index contributed by atoms with van der Waals surface area (Å²) in [6.45, 7) is 0.523. The van der Waals surface area contributed by atoms with Gasteiger partial charge in [0.2, 0.25) is 11.8 Å². The van der Waals surface area contributed by atoms with E-state index >= 15 is 0 Å². The highest BCUT2D eigenvalue weighted by atomic mass is 16.2. The van der Waals surface area contributed by atoms with Crippen LogP contribution in [-0.2, 0) is 9.59 Å². The summed E-state index contributed by atoms with van der Waals surface area (Å²) in [4.78, 5) is 38.5. The Morgan fingerprint density at radius 3 is 2.14 bits per heavy atom. The number of barbiturate groups is 1. The average molecular weight is 290 g/mol. The van der Waals surface area contributed by atoms with Crippen LogP contribution in [0.1, 0.15) is 51.4 Å². The molecule has 0 radical (unpaired) electrons. The molecule has 3 saturated carbocycles. The van der Waals surface area contributed by atoms with E-state index in [1.165, 1.54) is 30.6 Å². The summed E-state index contributed by atoms with van der Waals surface area (Å²) in [6.07, 6.45) is 7.91. The van der Waals surface area contributed by atoms with Crippen LogP contribution >= 0.6 is 0 Å². The van der Waals surface area contributed by atoms with Crippen LogP contribution < -0.4 is 5.32 Å². The lowest BCUT2D eigenvalue weighted by Crippen LogP contribution is -2.63. The van der Waals surface area contributed by atoms with Crippen LogP contribution in [-0.4, -0.2) is 29.3 Å². The standard InChI is InChI=1S/C16H22N2O3/c19-13-16(7-1-2-8-16)14(20)18(15(21)17-13)9-12(10-3-4-10)11-5-6-11/h10-12H,1-9H2,(H,17,19,21). The third-order valence-corrected chi connectivity index (χ3v) is 5.86. The van der Waals surface area contributed by atoms with Gasteiger partial charge in [0.1, 0.15) is 5.41 Å². The normalized spacial score (nSPS) is 28.6. The van der Waals surface area contributed by atoms with Gasteiger partial charge in [-0.15, -0.1) is 0 Å². The summed E-state index contributed by atoms with van der Waals surface area (Å²) >= 11 is 0. The Hall–Kier alpha value is -1.39. The van der Waals surface area contributed by atoms with Crippen LogP contribution in [0.2, 0.25) is 0 Å². The molecule has 114 valence electrons. The van der Waals surface area contributed by atoms with E-state index in [0.717, 1.165) is 12.8 Å². The Kier molecular flexibility index (Phi) is 2.88. The number of carbonyl (C=O) groups excluding carboxylic acids is 3. The van der Waals surface area contributed by atoms with Gasteiger partial charge in [0.15, 0.2) is 0 Å². The second kappa shape index (κ2) is 4.55. The summed E-state index contributed by atoms with van der Waals surface area (Å²) in [7, 11) is 0. The summed E-state index contributed by atoms with van der Waals surface area (Å²) in [5.74, 6) is 1.26. The SMILES string of the molecule is O=C1NC(=O)C2(CCCC2)C(=O)N1CC(C1CC1)C1CC1. The first-order valence-corrected chi connectivity index (χ1v) is 8.29. The molecule has 1 N–H and O–H groups in total. The van der Waals surface area contributed by atoms with Crippen molar-refractivity contribution in [3.05, 3.63) is 0 Å². The molecule has 1 aliphatic heterocycles. The van der Waals surface area contributed by atoms with Gasteiger partial charge in [-0.05, 0) is 56.3 Å². The maximum atomic E-state index is 12.8. The zero-order chi connectivity index (χ0) is 14.6. The van der Waals surface area contributed by atoms with Crippen molar-refractivity contribution in [1.82, 2.24) is 10.2 Å². The second-order valence-electron chi connectivity index (χ2n) is 7.30. The number of imide groups is 2. The van der Waals surface area contributed by atoms with Gasteiger partial charge < -0.3 is 0 Å². The van der Waals surface area contributed by atoms with Crippen molar-refractivity contribution in [1.29, 1.82) is 0 Å². The van der Waals surface area contributed by atoms with Crippen LogP contribution in [0.15, 0.2) is 0 Å². The quantitative estimate of drug-likeness (QED) is 0.806. The average Bonchev–Trinajstić information content (AvgIpc) is 3.38. The fraction of sp³-hybridized carbons (Fsp3) is 0.812. The molecule has 0 aromatic rings. The lowest BCUT2D eigenvalue weighted by molar-refractivity contribution is -0.151. The number of hydrogen-bond acceptors (Lipinski definition) is 3. The zero-order valence-electron chi connectivity index (χ0n) is 12.3. The van der Waals surface area contributed by atoms with Gasteiger partial charge in [-0.2, -0.15) is 0 Å². The van der Waals surface area contributed by atoms with Crippen molar-refractivity contribution in [3.63, 3.8) is 0 Å². The predicted octanol–water partition coefficient (Wildman–Crippen LogP) is 2.06. The van der Waals surface area contributed by atoms with E-state index < -0.39 is 11.4 Å². The molecular formula is C16H22N2O3. The summed E-state index contributed by atoms with van der Waals surface area (Å²) < 4.78 is 0. The van der Waals surface area contributed by atoms with Gasteiger partial charge in [-0.1, -0.05) is 12.8 Å². The molecular weight excluding hydrogens is 268 g/mol. The van der Waals surface area contributed by atoms with Crippen molar-refractivity contribution in [2.75, 3.05) is 6.54 Å². The first-order valence-electron chi connectivity index (χ1n) is 8.29. The van der Waals surface area contributed by atoms with E-state index in [4.69, 9.17) is 0 Å². The minimum Gasteiger partial charge on any atom is -0.277 e. The molecule has 1 spiro atoms. The molecule has 5 nitrogen and oxygen atoms in total. The Morgan fingerprint density at radius 2 is 1.62 bits per heavy atom. The van der Waals surface area contributed by atoms with E-state index in [9.17, 15) is 14.4 Å². The number of hydrogen-bond donors (Lipinski definition) is 1. The van der Waals surface area contributed by atoms with Crippen molar-refractivity contribution >= 4 is 17.8 Å². The number of nitrogens with zero attached hydrogens (tertiary/aromatic N) is 1. The maximum Gasteiger partial charge on any atom is 0.330 e. The highest BCUT2D eigenvalue weighted by molar-refractivity contribution is 6.19. The van der Waals surface area contributed by atoms with Crippen LogP contribution in [0.25, 0.3) is 0 Å². The van der Waals surface area contributed by atoms with Gasteiger partial charge >= 0.3 is 6.03 Å². The van der Waals surface area contributed by atoms with Crippen LogP contribution in [0.3, 0.4) is 0 Å². The molecule has 1 heterocycles. The topological polar surface area (TPSA) is 66.5 Å². The smallest absolute Gasteiger partial charge is 0.277 e. The summed E-state index contributed by atoms with van der Waals surface area (Å²) in [5.41, 5.74) is -0.939. The van der Waals surface area contributed by atoms with Crippen molar-refractivity contribution < 1.29 is 14.4 Å². The van der Waals surface area contributed by atoms with Gasteiger partial charge in [0.25, 0.3) is 0 Å². The lowest BCUT2D eigenvalue weighted by atomic mass is 9.81. The second-order valence-corrected chi connectivity index (χ2v) is 7.30. The number of carbonyl (C=O) groups is 3. The van der Waals surface area contributed by atoms with Crippen molar-refractivity contribution in [2.45, 2.75) is 51.4 Å². The van der Waals surface area contributed by atoms with E-state index in [1.54, 1.807) is 0 Å². The molecule has 3 aliphatic carbocycles. The molecule has 5 heteroatoms. The van der Waals surface area contributed by atoms with Crippen LogP contribution in [0, 0.1) is 23.2 Å². The molecule has 0 atom stereocenters. The Bertz CT molecular complexity index is 490. The molecule has 0 aromatic heterocycles. The third kappa shape index (κ3) is 2.09. The third-order valence-electron chi connectivity index (χ3n) is 5.86.